The molecule has 0 aliphatic carbocycles. The van der Waals surface area contributed by atoms with Gasteiger partial charge in [0.15, 0.2) is 0 Å². The number of hydrogen-bond donors (Lipinski definition) is 2. The first-order chi connectivity index (χ1) is 12.9. The summed E-state index contributed by atoms with van der Waals surface area (Å²) in [6.07, 6.45) is -2.00. The summed E-state index contributed by atoms with van der Waals surface area (Å²) in [6.45, 7) is 1.62. The molecule has 0 aromatic heterocycles. The maximum absolute atomic E-state index is 12.8. The van der Waals surface area contributed by atoms with Crippen LogP contribution in [-0.2, 0) is 6.18 Å². The Balaban J connectivity index is 1.70. The fourth-order valence-electron chi connectivity index (χ4n) is 3.49. The Kier molecular flexibility index (Phi) is 6.16. The molecule has 1 aliphatic rings. The van der Waals surface area contributed by atoms with Gasteiger partial charge in [-0.15, -0.1) is 0 Å². The van der Waals surface area contributed by atoms with Crippen molar-refractivity contribution >= 4 is 5.91 Å². The minimum atomic E-state index is -4.33. The second-order valence-electron chi connectivity index (χ2n) is 6.92. The van der Waals surface area contributed by atoms with E-state index in [9.17, 15) is 18.0 Å². The minimum absolute atomic E-state index is 0.0298. The van der Waals surface area contributed by atoms with E-state index >= 15 is 0 Å². The number of halogens is 3. The van der Waals surface area contributed by atoms with E-state index < -0.39 is 11.7 Å². The summed E-state index contributed by atoms with van der Waals surface area (Å²) in [5.74, 6) is -0.0199. The van der Waals surface area contributed by atoms with Crippen molar-refractivity contribution in [3.05, 3.63) is 71.3 Å². The topological polar surface area (TPSA) is 41.1 Å². The van der Waals surface area contributed by atoms with Crippen LogP contribution in [0.15, 0.2) is 54.6 Å². The molecule has 0 bridgehead atoms. The Morgan fingerprint density at radius 1 is 0.963 bits per heavy atom. The molecule has 144 valence electrons. The maximum Gasteiger partial charge on any atom is 0.416 e. The van der Waals surface area contributed by atoms with Crippen LogP contribution < -0.4 is 10.6 Å². The van der Waals surface area contributed by atoms with Gasteiger partial charge in [-0.3, -0.25) is 4.79 Å². The molecule has 2 N–H and O–H groups in total. The summed E-state index contributed by atoms with van der Waals surface area (Å²) < 4.78 is 38.4. The molecule has 3 rings (SSSR count). The van der Waals surface area contributed by atoms with Gasteiger partial charge in [0.05, 0.1) is 5.56 Å². The molecule has 2 aromatic rings. The summed E-state index contributed by atoms with van der Waals surface area (Å²) in [4.78, 5) is 12.5. The second-order valence-corrected chi connectivity index (χ2v) is 6.92. The molecular weight excluding hydrogens is 353 g/mol. The summed E-state index contributed by atoms with van der Waals surface area (Å²) in [5.41, 5.74) is 0.855. The van der Waals surface area contributed by atoms with Crippen molar-refractivity contribution in [2.75, 3.05) is 13.1 Å². The summed E-state index contributed by atoms with van der Waals surface area (Å²) in [5, 5.41) is 6.41. The molecule has 1 heterocycles. The first kappa shape index (κ1) is 19.4. The zero-order valence-electron chi connectivity index (χ0n) is 14.9. The van der Waals surface area contributed by atoms with Crippen molar-refractivity contribution in [3.63, 3.8) is 0 Å². The largest absolute Gasteiger partial charge is 0.416 e. The molecule has 1 saturated heterocycles. The highest BCUT2D eigenvalue weighted by Gasteiger charge is 2.30. The van der Waals surface area contributed by atoms with Gasteiger partial charge in [0.1, 0.15) is 0 Å². The van der Waals surface area contributed by atoms with Crippen molar-refractivity contribution in [2.24, 2.45) is 0 Å². The lowest BCUT2D eigenvalue weighted by molar-refractivity contribution is -0.137. The summed E-state index contributed by atoms with van der Waals surface area (Å²) in [7, 11) is 0. The first-order valence-electron chi connectivity index (χ1n) is 9.17. The van der Waals surface area contributed by atoms with Crippen molar-refractivity contribution in [3.8, 4) is 0 Å². The van der Waals surface area contributed by atoms with E-state index in [0.717, 1.165) is 43.6 Å². The Labute approximate surface area is 157 Å². The van der Waals surface area contributed by atoms with Crippen LogP contribution in [0.1, 0.15) is 46.7 Å². The monoisotopic (exact) mass is 376 g/mol. The lowest BCUT2D eigenvalue weighted by Crippen LogP contribution is -2.40. The number of hydrogen-bond acceptors (Lipinski definition) is 2. The highest BCUT2D eigenvalue weighted by Crippen LogP contribution is 2.32. The predicted octanol–water partition coefficient (Wildman–Crippen LogP) is 4.36. The molecule has 3 nitrogen and oxygen atoms in total. The third-order valence-electron chi connectivity index (χ3n) is 4.99. The Morgan fingerprint density at radius 3 is 2.30 bits per heavy atom. The van der Waals surface area contributed by atoms with Gasteiger partial charge >= 0.3 is 6.18 Å². The van der Waals surface area contributed by atoms with Gasteiger partial charge < -0.3 is 10.6 Å². The van der Waals surface area contributed by atoms with Crippen LogP contribution in [0.4, 0.5) is 13.2 Å². The fraction of sp³-hybridized carbons (Fsp3) is 0.381. The van der Waals surface area contributed by atoms with Gasteiger partial charge in [0.25, 0.3) is 5.91 Å². The van der Waals surface area contributed by atoms with Crippen molar-refractivity contribution < 1.29 is 18.0 Å². The Morgan fingerprint density at radius 2 is 1.63 bits per heavy atom. The average molecular weight is 376 g/mol. The molecule has 2 aromatic carbocycles. The molecule has 0 saturated carbocycles. The van der Waals surface area contributed by atoms with E-state index in [1.54, 1.807) is 24.3 Å². The fourth-order valence-corrected chi connectivity index (χ4v) is 3.49. The zero-order chi connectivity index (χ0) is 19.3. The van der Waals surface area contributed by atoms with Crippen LogP contribution in [0.3, 0.4) is 0 Å². The Hall–Kier alpha value is -2.34. The lowest BCUT2D eigenvalue weighted by atomic mass is 9.86. The molecule has 6 heteroatoms. The molecule has 1 fully saturated rings. The molecule has 0 radical (unpaired) electrons. The number of amides is 1. The van der Waals surface area contributed by atoms with Crippen LogP contribution in [0, 0.1) is 0 Å². The van der Waals surface area contributed by atoms with Crippen LogP contribution in [0.5, 0.6) is 0 Å². The summed E-state index contributed by atoms with van der Waals surface area (Å²) >= 11 is 0. The molecule has 1 aliphatic heterocycles. The minimum Gasteiger partial charge on any atom is -0.349 e. The number of rotatable bonds is 3. The number of benzene rings is 2. The van der Waals surface area contributed by atoms with E-state index in [1.807, 2.05) is 18.2 Å². The third-order valence-corrected chi connectivity index (χ3v) is 4.99. The van der Waals surface area contributed by atoms with Gasteiger partial charge in [-0.2, -0.15) is 13.2 Å². The number of alkyl halides is 3. The van der Waals surface area contributed by atoms with Crippen LogP contribution >= 0.6 is 0 Å². The molecule has 2 atom stereocenters. The third kappa shape index (κ3) is 5.32. The highest BCUT2D eigenvalue weighted by molar-refractivity contribution is 5.94. The van der Waals surface area contributed by atoms with E-state index in [1.165, 1.54) is 0 Å². The van der Waals surface area contributed by atoms with Crippen LogP contribution in [0.25, 0.3) is 0 Å². The van der Waals surface area contributed by atoms with E-state index in [2.05, 4.69) is 10.6 Å². The highest BCUT2D eigenvalue weighted by atomic mass is 19.4. The second kappa shape index (κ2) is 8.57. The van der Waals surface area contributed by atoms with Gasteiger partial charge in [0.2, 0.25) is 0 Å². The van der Waals surface area contributed by atoms with Crippen molar-refractivity contribution in [2.45, 2.75) is 37.4 Å². The predicted molar refractivity (Wildman–Crippen MR) is 98.6 cm³/mol. The SMILES string of the molecule is O=C(NC1CCNCCC(c2ccc(C(F)(F)F)cc2)C1)c1ccccc1. The molecule has 2 unspecified atom stereocenters. The van der Waals surface area contributed by atoms with Gasteiger partial charge in [-0.25, -0.2) is 0 Å². The van der Waals surface area contributed by atoms with Crippen molar-refractivity contribution in [1.29, 1.82) is 0 Å². The first-order valence-corrected chi connectivity index (χ1v) is 9.17. The van der Waals surface area contributed by atoms with Crippen molar-refractivity contribution in [1.82, 2.24) is 10.6 Å². The van der Waals surface area contributed by atoms with Crippen LogP contribution in [-0.4, -0.2) is 25.0 Å². The van der Waals surface area contributed by atoms with E-state index in [-0.39, 0.29) is 17.9 Å². The van der Waals surface area contributed by atoms with E-state index in [4.69, 9.17) is 0 Å². The zero-order valence-corrected chi connectivity index (χ0v) is 14.9. The molecule has 0 spiro atoms. The Bertz CT molecular complexity index is 744. The van der Waals surface area contributed by atoms with Gasteiger partial charge in [-0.1, -0.05) is 30.3 Å². The van der Waals surface area contributed by atoms with Gasteiger partial charge in [-0.05, 0) is 68.1 Å². The molecule has 27 heavy (non-hydrogen) atoms. The van der Waals surface area contributed by atoms with E-state index in [0.29, 0.717) is 12.0 Å². The quantitative estimate of drug-likeness (QED) is 0.836. The summed E-state index contributed by atoms with van der Waals surface area (Å²) in [6, 6.07) is 14.4. The average Bonchev–Trinajstić information content (AvgIpc) is 2.64. The number of carbonyl (C=O) groups is 1. The normalized spacial score (nSPS) is 21.1. The number of carbonyl (C=O) groups excluding carboxylic acids is 1. The standard InChI is InChI=1S/C21H23F3N2O/c22-21(23,24)18-8-6-15(7-9-18)17-10-12-25-13-11-19(14-17)26-20(27)16-4-2-1-3-5-16/h1-9,17,19,25H,10-14H2,(H,26,27). The van der Waals surface area contributed by atoms with Crippen LogP contribution in [0.2, 0.25) is 0 Å². The molecular formula is C21H23F3N2O. The number of nitrogens with one attached hydrogen (secondary N) is 2. The smallest absolute Gasteiger partial charge is 0.349 e. The van der Waals surface area contributed by atoms with Gasteiger partial charge in [0, 0.05) is 11.6 Å². The lowest BCUT2D eigenvalue weighted by Gasteiger charge is -2.28. The molecule has 1 amide bonds. The maximum atomic E-state index is 12.8.